The Balaban J connectivity index is 2.15. The summed E-state index contributed by atoms with van der Waals surface area (Å²) in [5.41, 5.74) is -0.358. The lowest BCUT2D eigenvalue weighted by molar-refractivity contribution is 0.0865. The van der Waals surface area contributed by atoms with E-state index in [-0.39, 0.29) is 12.2 Å². The van der Waals surface area contributed by atoms with Gasteiger partial charge in [-0.05, 0) is 6.04 Å². The van der Waals surface area contributed by atoms with E-state index in [0.717, 1.165) is 6.04 Å². The van der Waals surface area contributed by atoms with Crippen molar-refractivity contribution in [2.24, 2.45) is 0 Å². The fraction of sp³-hybridized carbons (Fsp3) is 0.545. The molecule has 0 atom stereocenters. The molecule has 0 fully saturated rings. The Labute approximate surface area is 110 Å². The van der Waals surface area contributed by atoms with Gasteiger partial charge in [-0.3, -0.25) is 14.3 Å². The molecule has 104 valence electrons. The summed E-state index contributed by atoms with van der Waals surface area (Å²) in [6.45, 7) is 7.48. The monoisotopic (exact) mass is 282 g/mol. The molecule has 2 N–H and O–H groups in total. The maximum atomic E-state index is 11.7. The number of nitrogens with zero attached hydrogens (tertiary/aromatic N) is 2. The highest BCUT2D eigenvalue weighted by molar-refractivity contribution is 6.76. The van der Waals surface area contributed by atoms with Crippen LogP contribution in [0.25, 0.3) is 11.2 Å². The van der Waals surface area contributed by atoms with Gasteiger partial charge in [-0.1, -0.05) is 19.6 Å². The lowest BCUT2D eigenvalue weighted by Crippen LogP contribution is -2.31. The zero-order chi connectivity index (χ0) is 14.0. The summed E-state index contributed by atoms with van der Waals surface area (Å²) in [6, 6.07) is 1.02. The molecule has 0 unspecified atom stereocenters. The number of H-pyrrole nitrogens is 2. The van der Waals surface area contributed by atoms with E-state index in [9.17, 15) is 9.59 Å². The average Bonchev–Trinajstić information content (AvgIpc) is 2.75. The largest absolute Gasteiger partial charge is 0.361 e. The second kappa shape index (κ2) is 5.14. The van der Waals surface area contributed by atoms with E-state index in [1.165, 1.54) is 10.9 Å². The Bertz CT molecular complexity index is 680. The Morgan fingerprint density at radius 2 is 2.11 bits per heavy atom. The van der Waals surface area contributed by atoms with Crippen LogP contribution in [0.1, 0.15) is 0 Å². The minimum absolute atomic E-state index is 0.0987. The maximum absolute atomic E-state index is 11.7. The van der Waals surface area contributed by atoms with Crippen molar-refractivity contribution in [2.75, 3.05) is 6.61 Å². The zero-order valence-electron chi connectivity index (χ0n) is 11.3. The van der Waals surface area contributed by atoms with E-state index in [2.05, 4.69) is 34.6 Å². The highest BCUT2D eigenvalue weighted by Crippen LogP contribution is 2.08. The molecule has 0 aliphatic heterocycles. The van der Waals surface area contributed by atoms with Crippen LogP contribution in [0.3, 0.4) is 0 Å². The summed E-state index contributed by atoms with van der Waals surface area (Å²) in [7, 11) is -1.15. The molecule has 8 heteroatoms. The van der Waals surface area contributed by atoms with E-state index in [0.29, 0.717) is 12.3 Å². The van der Waals surface area contributed by atoms with Crippen molar-refractivity contribution in [3.63, 3.8) is 0 Å². The lowest BCUT2D eigenvalue weighted by atomic mass is 10.5. The van der Waals surface area contributed by atoms with Gasteiger partial charge in [0.25, 0.3) is 5.56 Å². The molecule has 0 aliphatic carbocycles. The third kappa shape index (κ3) is 3.21. The SMILES string of the molecule is C[Si](C)(C)CCOCn1c(=O)[nH]c(=O)c2[nH]cnc21. The number of ether oxygens (including phenoxy) is 1. The van der Waals surface area contributed by atoms with Crippen LogP contribution in [0.15, 0.2) is 15.9 Å². The van der Waals surface area contributed by atoms with Crippen molar-refractivity contribution in [1.82, 2.24) is 19.5 Å². The van der Waals surface area contributed by atoms with Gasteiger partial charge in [-0.2, -0.15) is 0 Å². The highest BCUT2D eigenvalue weighted by atomic mass is 28.3. The van der Waals surface area contributed by atoms with Crippen LogP contribution in [0, 0.1) is 0 Å². The number of hydrogen-bond donors (Lipinski definition) is 2. The predicted octanol–water partition coefficient (Wildman–Crippen LogP) is 0.725. The smallest absolute Gasteiger partial charge is 0.332 e. The van der Waals surface area contributed by atoms with Crippen molar-refractivity contribution in [3.8, 4) is 0 Å². The standard InChI is InChI=1S/C11H18N4O3Si/c1-19(2,3)5-4-18-7-15-9-8(12-6-13-9)10(16)14-11(15)17/h6H,4-5,7H2,1-3H3,(H,12,13)(H,14,16,17). The van der Waals surface area contributed by atoms with Crippen LogP contribution in [0.4, 0.5) is 0 Å². The first kappa shape index (κ1) is 13.8. The summed E-state index contributed by atoms with van der Waals surface area (Å²) >= 11 is 0. The number of hydrogen-bond acceptors (Lipinski definition) is 4. The second-order valence-electron chi connectivity index (χ2n) is 5.64. The van der Waals surface area contributed by atoms with Crippen LogP contribution in [0.2, 0.25) is 25.7 Å². The van der Waals surface area contributed by atoms with E-state index < -0.39 is 19.3 Å². The fourth-order valence-electron chi connectivity index (χ4n) is 1.64. The third-order valence-electron chi connectivity index (χ3n) is 2.78. The average molecular weight is 282 g/mol. The van der Waals surface area contributed by atoms with Crippen molar-refractivity contribution in [2.45, 2.75) is 32.4 Å². The van der Waals surface area contributed by atoms with Crippen LogP contribution in [0.5, 0.6) is 0 Å². The lowest BCUT2D eigenvalue weighted by Gasteiger charge is -2.15. The molecule has 0 amide bonds. The number of rotatable bonds is 5. The van der Waals surface area contributed by atoms with Gasteiger partial charge in [-0.25, -0.2) is 9.78 Å². The molecule has 2 aromatic rings. The summed E-state index contributed by atoms with van der Waals surface area (Å²) in [5.74, 6) is 0. The molecule has 0 spiro atoms. The first-order valence-electron chi connectivity index (χ1n) is 6.12. The molecule has 19 heavy (non-hydrogen) atoms. The van der Waals surface area contributed by atoms with E-state index >= 15 is 0 Å². The summed E-state index contributed by atoms with van der Waals surface area (Å²) in [4.78, 5) is 32.1. The van der Waals surface area contributed by atoms with Crippen LogP contribution in [-0.2, 0) is 11.5 Å². The Morgan fingerprint density at radius 3 is 2.79 bits per heavy atom. The van der Waals surface area contributed by atoms with Gasteiger partial charge >= 0.3 is 5.69 Å². The van der Waals surface area contributed by atoms with Gasteiger partial charge < -0.3 is 9.72 Å². The zero-order valence-corrected chi connectivity index (χ0v) is 12.3. The van der Waals surface area contributed by atoms with Gasteiger partial charge in [0.15, 0.2) is 5.65 Å². The molecular weight excluding hydrogens is 264 g/mol. The van der Waals surface area contributed by atoms with Gasteiger partial charge in [-0.15, -0.1) is 0 Å². The van der Waals surface area contributed by atoms with E-state index in [1.807, 2.05) is 0 Å². The first-order chi connectivity index (χ1) is 8.88. The first-order valence-corrected chi connectivity index (χ1v) is 9.83. The van der Waals surface area contributed by atoms with E-state index in [4.69, 9.17) is 4.74 Å². The molecule has 0 saturated heterocycles. The van der Waals surface area contributed by atoms with E-state index in [1.54, 1.807) is 0 Å². The van der Waals surface area contributed by atoms with Crippen molar-refractivity contribution < 1.29 is 4.74 Å². The minimum Gasteiger partial charge on any atom is -0.361 e. The number of fused-ring (bicyclic) bond motifs is 1. The van der Waals surface area contributed by atoms with Gasteiger partial charge in [0, 0.05) is 14.7 Å². The Kier molecular flexibility index (Phi) is 3.72. The molecule has 2 heterocycles. The molecule has 7 nitrogen and oxygen atoms in total. The van der Waals surface area contributed by atoms with Gasteiger partial charge in [0.05, 0.1) is 6.33 Å². The second-order valence-corrected chi connectivity index (χ2v) is 11.3. The highest BCUT2D eigenvalue weighted by Gasteiger charge is 2.13. The van der Waals surface area contributed by atoms with Gasteiger partial charge in [0.2, 0.25) is 0 Å². The topological polar surface area (TPSA) is 92.8 Å². The number of imidazole rings is 1. The number of aromatic amines is 2. The Hall–Kier alpha value is -1.67. The van der Waals surface area contributed by atoms with Gasteiger partial charge in [0.1, 0.15) is 12.2 Å². The minimum atomic E-state index is -1.15. The van der Waals surface area contributed by atoms with Crippen LogP contribution in [-0.4, -0.2) is 34.2 Å². The summed E-state index contributed by atoms with van der Waals surface area (Å²) < 4.78 is 6.83. The molecule has 0 aromatic carbocycles. The van der Waals surface area contributed by atoms with Crippen LogP contribution >= 0.6 is 0 Å². The van der Waals surface area contributed by atoms with Crippen molar-refractivity contribution in [1.29, 1.82) is 0 Å². The maximum Gasteiger partial charge on any atom is 0.332 e. The fourth-order valence-corrected chi connectivity index (χ4v) is 2.39. The molecule has 2 rings (SSSR count). The van der Waals surface area contributed by atoms with Crippen LogP contribution < -0.4 is 11.2 Å². The van der Waals surface area contributed by atoms with Crippen molar-refractivity contribution >= 4 is 19.2 Å². The summed E-state index contributed by atoms with van der Waals surface area (Å²) in [5, 5.41) is 0. The Morgan fingerprint density at radius 1 is 1.37 bits per heavy atom. The normalized spacial score (nSPS) is 12.2. The molecule has 2 aromatic heterocycles. The molecule has 0 saturated carbocycles. The summed E-state index contributed by atoms with van der Waals surface area (Å²) in [6.07, 6.45) is 1.39. The molecule has 0 bridgehead atoms. The molecular formula is C11H18N4O3Si. The number of aromatic nitrogens is 4. The molecule has 0 aliphatic rings. The third-order valence-corrected chi connectivity index (χ3v) is 4.49. The quantitative estimate of drug-likeness (QED) is 0.624. The van der Waals surface area contributed by atoms with Crippen molar-refractivity contribution in [3.05, 3.63) is 27.2 Å². The molecule has 0 radical (unpaired) electrons. The number of nitrogens with one attached hydrogen (secondary N) is 2. The predicted molar refractivity (Wildman–Crippen MR) is 75.1 cm³/mol.